The maximum absolute atomic E-state index is 11.1. The molecule has 104 valence electrons. The molecule has 1 aliphatic rings. The van der Waals surface area contributed by atoms with Gasteiger partial charge in [-0.15, -0.1) is 5.10 Å². The highest BCUT2D eigenvalue weighted by molar-refractivity contribution is 6.42. The Bertz CT molecular complexity index is 651. The summed E-state index contributed by atoms with van der Waals surface area (Å²) >= 11 is 11.9. The Morgan fingerprint density at radius 2 is 2.20 bits per heavy atom. The predicted octanol–water partition coefficient (Wildman–Crippen LogP) is 3.24. The Morgan fingerprint density at radius 1 is 1.35 bits per heavy atom. The van der Waals surface area contributed by atoms with E-state index in [4.69, 9.17) is 27.9 Å². The Kier molecular flexibility index (Phi) is 3.74. The van der Waals surface area contributed by atoms with Gasteiger partial charge in [0.25, 0.3) is 0 Å². The number of aromatic nitrogens is 3. The average Bonchev–Trinajstić information content (AvgIpc) is 3.09. The summed E-state index contributed by atoms with van der Waals surface area (Å²) in [5, 5.41) is 8.81. The first-order valence-electron chi connectivity index (χ1n) is 6.18. The van der Waals surface area contributed by atoms with Gasteiger partial charge in [0.15, 0.2) is 12.0 Å². The van der Waals surface area contributed by atoms with Gasteiger partial charge in [0.2, 0.25) is 0 Å². The number of hydrogen-bond acceptors (Lipinski definition) is 4. The van der Waals surface area contributed by atoms with E-state index < -0.39 is 0 Å². The summed E-state index contributed by atoms with van der Waals surface area (Å²) < 4.78 is 7.22. The number of rotatable bonds is 3. The quantitative estimate of drug-likeness (QED) is 0.817. The molecule has 2 aromatic rings. The van der Waals surface area contributed by atoms with Crippen LogP contribution in [0.4, 0.5) is 0 Å². The van der Waals surface area contributed by atoms with E-state index in [2.05, 4.69) is 10.3 Å². The van der Waals surface area contributed by atoms with Gasteiger partial charge in [-0.3, -0.25) is 4.79 Å². The molecular weight excluding hydrogens is 301 g/mol. The highest BCUT2D eigenvalue weighted by Crippen LogP contribution is 2.32. The molecule has 1 aliphatic heterocycles. The van der Waals surface area contributed by atoms with Crippen LogP contribution in [-0.2, 0) is 4.74 Å². The van der Waals surface area contributed by atoms with Crippen LogP contribution in [0.2, 0.25) is 10.0 Å². The van der Waals surface area contributed by atoms with E-state index in [1.807, 2.05) is 0 Å². The molecule has 1 atom stereocenters. The lowest BCUT2D eigenvalue weighted by molar-refractivity contribution is 0.102. The first-order chi connectivity index (χ1) is 9.70. The molecule has 0 aliphatic carbocycles. The zero-order chi connectivity index (χ0) is 14.1. The molecule has 1 unspecified atom stereocenters. The van der Waals surface area contributed by atoms with Gasteiger partial charge < -0.3 is 4.74 Å². The van der Waals surface area contributed by atoms with E-state index in [-0.39, 0.29) is 6.10 Å². The molecule has 3 rings (SSSR count). The van der Waals surface area contributed by atoms with Crippen LogP contribution in [-0.4, -0.2) is 27.9 Å². The second-order valence-electron chi connectivity index (χ2n) is 4.49. The zero-order valence-corrected chi connectivity index (χ0v) is 11.9. The second kappa shape index (κ2) is 5.52. The smallest absolute Gasteiger partial charge is 0.172 e. The fourth-order valence-corrected chi connectivity index (χ4v) is 2.58. The summed E-state index contributed by atoms with van der Waals surface area (Å²) in [4.78, 5) is 11.1. The molecule has 1 fully saturated rings. The van der Waals surface area contributed by atoms with E-state index >= 15 is 0 Å². The van der Waals surface area contributed by atoms with E-state index in [1.54, 1.807) is 22.9 Å². The molecule has 1 aromatic carbocycles. The summed E-state index contributed by atoms with van der Waals surface area (Å²) in [5.74, 6) is 0. The number of halogens is 2. The van der Waals surface area contributed by atoms with Crippen molar-refractivity contribution in [2.24, 2.45) is 0 Å². The van der Waals surface area contributed by atoms with Gasteiger partial charge in [-0.1, -0.05) is 28.4 Å². The first kappa shape index (κ1) is 13.5. The molecule has 0 saturated carbocycles. The molecule has 0 N–H and O–H groups in total. The van der Waals surface area contributed by atoms with Gasteiger partial charge in [-0.05, 0) is 31.0 Å². The average molecular weight is 312 g/mol. The van der Waals surface area contributed by atoms with Gasteiger partial charge in [0.1, 0.15) is 11.8 Å². The lowest BCUT2D eigenvalue weighted by atomic mass is 10.1. The molecule has 5 nitrogen and oxygen atoms in total. The molecule has 1 aromatic heterocycles. The van der Waals surface area contributed by atoms with Crippen molar-refractivity contribution in [1.82, 2.24) is 15.0 Å². The molecule has 0 spiro atoms. The van der Waals surface area contributed by atoms with Crippen molar-refractivity contribution in [3.8, 4) is 5.69 Å². The number of ether oxygens (including phenoxy) is 1. The second-order valence-corrected chi connectivity index (χ2v) is 5.30. The number of aldehydes is 1. The number of carbonyl (C=O) groups is 1. The summed E-state index contributed by atoms with van der Waals surface area (Å²) in [6.45, 7) is 0.676. The van der Waals surface area contributed by atoms with Crippen LogP contribution >= 0.6 is 23.2 Å². The Hall–Kier alpha value is -1.43. The van der Waals surface area contributed by atoms with E-state index in [9.17, 15) is 4.79 Å². The number of carbonyl (C=O) groups excluding carboxylic acids is 1. The van der Waals surface area contributed by atoms with Crippen molar-refractivity contribution in [2.45, 2.75) is 18.9 Å². The standard InChI is InChI=1S/C13H11Cl2N3O2/c14-9-4-3-8(6-10(9)15)18-13(11(7-19)16-17-18)12-2-1-5-20-12/h3-4,6-7,12H,1-2,5H2. The third-order valence-corrected chi connectivity index (χ3v) is 3.97. The number of hydrogen-bond donors (Lipinski definition) is 0. The highest BCUT2D eigenvalue weighted by Gasteiger charge is 2.27. The Labute approximate surface area is 125 Å². The summed E-state index contributed by atoms with van der Waals surface area (Å²) in [6, 6.07) is 5.14. The maximum atomic E-state index is 11.1. The van der Waals surface area contributed by atoms with E-state index in [0.29, 0.717) is 40.0 Å². The van der Waals surface area contributed by atoms with Gasteiger partial charge >= 0.3 is 0 Å². The van der Waals surface area contributed by atoms with Crippen LogP contribution in [0.3, 0.4) is 0 Å². The molecule has 20 heavy (non-hydrogen) atoms. The predicted molar refractivity (Wildman–Crippen MR) is 74.7 cm³/mol. The monoisotopic (exact) mass is 311 g/mol. The van der Waals surface area contributed by atoms with Crippen molar-refractivity contribution in [3.05, 3.63) is 39.6 Å². The van der Waals surface area contributed by atoms with E-state index in [1.165, 1.54) is 0 Å². The molecular formula is C13H11Cl2N3O2. The Balaban J connectivity index is 2.10. The van der Waals surface area contributed by atoms with Crippen molar-refractivity contribution < 1.29 is 9.53 Å². The van der Waals surface area contributed by atoms with Gasteiger partial charge in [0, 0.05) is 6.61 Å². The maximum Gasteiger partial charge on any atom is 0.172 e. The summed E-state index contributed by atoms with van der Waals surface area (Å²) in [5.41, 5.74) is 1.66. The van der Waals surface area contributed by atoms with Crippen LogP contribution in [0, 0.1) is 0 Å². The topological polar surface area (TPSA) is 57.0 Å². The molecule has 0 bridgehead atoms. The van der Waals surface area contributed by atoms with Crippen molar-refractivity contribution in [1.29, 1.82) is 0 Å². The van der Waals surface area contributed by atoms with Crippen LogP contribution in [0.25, 0.3) is 5.69 Å². The molecule has 1 saturated heterocycles. The van der Waals surface area contributed by atoms with Gasteiger partial charge in [0.05, 0.1) is 15.7 Å². The van der Waals surface area contributed by atoms with Crippen LogP contribution in [0.15, 0.2) is 18.2 Å². The highest BCUT2D eigenvalue weighted by atomic mass is 35.5. The normalized spacial score (nSPS) is 18.4. The van der Waals surface area contributed by atoms with Crippen molar-refractivity contribution in [3.63, 3.8) is 0 Å². The number of benzene rings is 1. The van der Waals surface area contributed by atoms with E-state index in [0.717, 1.165) is 12.8 Å². The molecule has 0 amide bonds. The molecule has 0 radical (unpaired) electrons. The van der Waals surface area contributed by atoms with Crippen LogP contribution < -0.4 is 0 Å². The SMILES string of the molecule is O=Cc1nnn(-c2ccc(Cl)c(Cl)c2)c1C1CCCO1. The minimum atomic E-state index is -0.167. The van der Waals surface area contributed by atoms with Crippen molar-refractivity contribution >= 4 is 29.5 Å². The third kappa shape index (κ3) is 2.32. The van der Waals surface area contributed by atoms with Gasteiger partial charge in [-0.2, -0.15) is 0 Å². The largest absolute Gasteiger partial charge is 0.372 e. The fourth-order valence-electron chi connectivity index (χ4n) is 2.29. The summed E-state index contributed by atoms with van der Waals surface area (Å²) in [6.07, 6.45) is 2.32. The van der Waals surface area contributed by atoms with Crippen LogP contribution in [0.5, 0.6) is 0 Å². The lowest BCUT2D eigenvalue weighted by Crippen LogP contribution is -2.09. The van der Waals surface area contributed by atoms with Gasteiger partial charge in [-0.25, -0.2) is 4.68 Å². The number of nitrogens with zero attached hydrogens (tertiary/aromatic N) is 3. The molecule has 7 heteroatoms. The zero-order valence-electron chi connectivity index (χ0n) is 10.4. The third-order valence-electron chi connectivity index (χ3n) is 3.23. The molecule has 2 heterocycles. The minimum Gasteiger partial charge on any atom is -0.372 e. The Morgan fingerprint density at radius 3 is 2.85 bits per heavy atom. The lowest BCUT2D eigenvalue weighted by Gasteiger charge is -2.12. The fraction of sp³-hybridized carbons (Fsp3) is 0.308. The summed E-state index contributed by atoms with van der Waals surface area (Å²) in [7, 11) is 0. The van der Waals surface area contributed by atoms with Crippen molar-refractivity contribution in [2.75, 3.05) is 6.61 Å². The van der Waals surface area contributed by atoms with Crippen LogP contribution in [0.1, 0.15) is 35.1 Å². The minimum absolute atomic E-state index is 0.167. The first-order valence-corrected chi connectivity index (χ1v) is 6.94.